The maximum absolute atomic E-state index is 14.4. The van der Waals surface area contributed by atoms with Crippen LogP contribution in [0, 0.1) is 5.82 Å². The third-order valence-electron chi connectivity index (χ3n) is 12.7. The van der Waals surface area contributed by atoms with Crippen LogP contribution in [0.15, 0.2) is 90.4 Å². The largest absolute Gasteiger partial charge is 0.508 e. The van der Waals surface area contributed by atoms with Crippen LogP contribution in [0.2, 0.25) is 0 Å². The number of thiazole rings is 1. The Hall–Kier alpha value is -7.10. The fourth-order valence-corrected chi connectivity index (χ4v) is 9.65. The standard InChI is InChI=1S/C50H51FN8O10S/c51-34-8-12-41(60)38(29-34)44(46(63)55-50-53-15-27-70-50)58-30-33-5-4-32(28-37(33)47(58)64)31-6-9-35(10-7-31)57-18-16-56(17-19-57)20-22-68-24-26-69-25-23-67-21-14-52-39-3-1-2-36-43(39)49(66)59(48(36)65)40-11-13-42(61)54-45(40)62/h1-10,12,15,27-29,40,44,52,60H,11,13-14,16-26,30H2,(H,53,55,63)(H,54,61,62). The van der Waals surface area contributed by atoms with Gasteiger partial charge in [-0.2, -0.15) is 0 Å². The fraction of sp³-hybridized carbons (Fsp3) is 0.340. The molecule has 5 aromatic rings. The predicted octanol–water partition coefficient (Wildman–Crippen LogP) is 4.68. The number of aromatic hydroxyl groups is 1. The Balaban J connectivity index is 0.656. The molecule has 2 fully saturated rings. The first-order chi connectivity index (χ1) is 34.0. The number of piperazine rings is 1. The van der Waals surface area contributed by atoms with Gasteiger partial charge in [0.15, 0.2) is 5.13 Å². The Morgan fingerprint density at radius 2 is 1.57 bits per heavy atom. The van der Waals surface area contributed by atoms with Crippen LogP contribution >= 0.6 is 11.3 Å². The molecule has 4 aliphatic heterocycles. The van der Waals surface area contributed by atoms with Crippen molar-refractivity contribution in [3.8, 4) is 16.9 Å². The van der Waals surface area contributed by atoms with Crippen LogP contribution in [-0.2, 0) is 35.1 Å². The topological polar surface area (TPSA) is 212 Å². The van der Waals surface area contributed by atoms with E-state index in [0.29, 0.717) is 68.1 Å². The van der Waals surface area contributed by atoms with Gasteiger partial charge in [-0.1, -0.05) is 30.3 Å². The minimum atomic E-state index is -1.31. The van der Waals surface area contributed by atoms with Gasteiger partial charge in [-0.05, 0) is 71.6 Å². The van der Waals surface area contributed by atoms with Crippen molar-refractivity contribution in [2.45, 2.75) is 31.5 Å². The Bertz CT molecular complexity index is 2770. The molecule has 0 radical (unpaired) electrons. The highest BCUT2D eigenvalue weighted by atomic mass is 32.1. The number of phenolic OH excluding ortho intramolecular Hbond substituents is 1. The maximum Gasteiger partial charge on any atom is 0.264 e. The molecule has 6 amide bonds. The van der Waals surface area contributed by atoms with Crippen molar-refractivity contribution in [3.63, 3.8) is 0 Å². The minimum Gasteiger partial charge on any atom is -0.508 e. The number of anilines is 3. The highest BCUT2D eigenvalue weighted by Gasteiger charge is 2.46. The van der Waals surface area contributed by atoms with Crippen molar-refractivity contribution in [1.82, 2.24) is 25.0 Å². The monoisotopic (exact) mass is 974 g/mol. The third kappa shape index (κ3) is 10.6. The van der Waals surface area contributed by atoms with Crippen molar-refractivity contribution >= 4 is 63.3 Å². The number of carbonyl (C=O) groups excluding carboxylic acids is 6. The predicted molar refractivity (Wildman–Crippen MR) is 256 cm³/mol. The Morgan fingerprint density at radius 1 is 0.829 bits per heavy atom. The number of hydrogen-bond acceptors (Lipinski definition) is 15. The highest BCUT2D eigenvalue weighted by Crippen LogP contribution is 2.38. The zero-order valence-corrected chi connectivity index (χ0v) is 38.9. The van der Waals surface area contributed by atoms with Crippen LogP contribution in [0.25, 0.3) is 11.1 Å². The van der Waals surface area contributed by atoms with Gasteiger partial charge < -0.3 is 34.4 Å². The summed E-state index contributed by atoms with van der Waals surface area (Å²) in [4.78, 5) is 89.0. The van der Waals surface area contributed by atoms with Gasteiger partial charge in [0, 0.05) is 86.3 Å². The highest BCUT2D eigenvalue weighted by molar-refractivity contribution is 7.13. The zero-order chi connectivity index (χ0) is 48.7. The van der Waals surface area contributed by atoms with Crippen molar-refractivity contribution in [3.05, 3.63) is 124 Å². The van der Waals surface area contributed by atoms with Gasteiger partial charge in [-0.25, -0.2) is 9.37 Å². The summed E-state index contributed by atoms with van der Waals surface area (Å²) in [6, 6.07) is 19.8. The van der Waals surface area contributed by atoms with E-state index in [4.69, 9.17) is 14.2 Å². The number of ether oxygens (including phenoxy) is 3. The number of nitrogens with zero attached hydrogens (tertiary/aromatic N) is 5. The molecule has 4 aliphatic rings. The molecule has 5 heterocycles. The van der Waals surface area contributed by atoms with Crippen LogP contribution in [0.4, 0.5) is 20.9 Å². The van der Waals surface area contributed by atoms with Gasteiger partial charge in [0.05, 0.1) is 50.8 Å². The molecule has 4 N–H and O–H groups in total. The van der Waals surface area contributed by atoms with Crippen molar-refractivity contribution in [1.29, 1.82) is 0 Å². The van der Waals surface area contributed by atoms with Gasteiger partial charge in [-0.15, -0.1) is 11.3 Å². The lowest BCUT2D eigenvalue weighted by molar-refractivity contribution is -0.136. The van der Waals surface area contributed by atoms with Gasteiger partial charge in [0.25, 0.3) is 23.6 Å². The number of imide groups is 2. The average molecular weight is 975 g/mol. The number of halogens is 1. The molecule has 0 spiro atoms. The first-order valence-electron chi connectivity index (χ1n) is 23.1. The molecule has 9 rings (SSSR count). The van der Waals surface area contributed by atoms with Crippen LogP contribution in [0.3, 0.4) is 0 Å². The average Bonchev–Trinajstić information content (AvgIpc) is 4.06. The lowest BCUT2D eigenvalue weighted by atomic mass is 10.00. The van der Waals surface area contributed by atoms with Crippen LogP contribution in [0.5, 0.6) is 5.75 Å². The van der Waals surface area contributed by atoms with E-state index in [-0.39, 0.29) is 41.8 Å². The molecule has 2 atom stereocenters. The Labute approximate surface area is 406 Å². The number of fused-ring (bicyclic) bond motifs is 2. The van der Waals surface area contributed by atoms with Crippen LogP contribution in [-0.4, -0.2) is 145 Å². The molecule has 4 aromatic carbocycles. The number of benzene rings is 4. The summed E-state index contributed by atoms with van der Waals surface area (Å²) in [6.07, 6.45) is 1.68. The number of carbonyl (C=O) groups is 6. The quantitative estimate of drug-likeness (QED) is 0.0617. The summed E-state index contributed by atoms with van der Waals surface area (Å²) in [6.45, 7) is 7.29. The third-order valence-corrected chi connectivity index (χ3v) is 13.4. The van der Waals surface area contributed by atoms with Crippen LogP contribution < -0.4 is 20.9 Å². The summed E-state index contributed by atoms with van der Waals surface area (Å²) in [7, 11) is 0. The molecule has 20 heteroatoms. The molecule has 0 aliphatic carbocycles. The molecule has 1 aromatic heterocycles. The van der Waals surface area contributed by atoms with E-state index in [1.54, 1.807) is 23.6 Å². The molecule has 2 unspecified atom stereocenters. The maximum atomic E-state index is 14.4. The number of hydrogen-bond donors (Lipinski definition) is 4. The molecule has 364 valence electrons. The Kier molecular flexibility index (Phi) is 14.9. The summed E-state index contributed by atoms with van der Waals surface area (Å²) in [5.41, 5.74) is 4.87. The lowest BCUT2D eigenvalue weighted by Crippen LogP contribution is -2.54. The smallest absolute Gasteiger partial charge is 0.264 e. The second kappa shape index (κ2) is 21.7. The molecule has 0 bridgehead atoms. The van der Waals surface area contributed by atoms with Gasteiger partial charge in [0.2, 0.25) is 11.8 Å². The number of rotatable bonds is 20. The Morgan fingerprint density at radius 3 is 2.31 bits per heavy atom. The summed E-state index contributed by atoms with van der Waals surface area (Å²) < 4.78 is 31.6. The van der Waals surface area contributed by atoms with Crippen molar-refractivity contribution < 1.29 is 52.5 Å². The van der Waals surface area contributed by atoms with E-state index in [2.05, 4.69) is 42.9 Å². The molecule has 18 nitrogen and oxygen atoms in total. The van der Waals surface area contributed by atoms with E-state index in [1.165, 1.54) is 28.5 Å². The van der Waals surface area contributed by atoms with E-state index < -0.39 is 53.3 Å². The van der Waals surface area contributed by atoms with E-state index in [9.17, 15) is 38.3 Å². The zero-order valence-electron chi connectivity index (χ0n) is 38.1. The van der Waals surface area contributed by atoms with E-state index in [1.807, 2.05) is 30.3 Å². The van der Waals surface area contributed by atoms with Crippen molar-refractivity contribution in [2.24, 2.45) is 0 Å². The first-order valence-corrected chi connectivity index (χ1v) is 23.9. The second-order valence-corrected chi connectivity index (χ2v) is 17.9. The van der Waals surface area contributed by atoms with Crippen LogP contribution in [0.1, 0.15) is 61.1 Å². The number of amides is 6. The van der Waals surface area contributed by atoms with Crippen molar-refractivity contribution in [2.75, 3.05) is 94.4 Å². The molecular formula is C50H51FN8O10S. The summed E-state index contributed by atoms with van der Waals surface area (Å²) >= 11 is 1.20. The minimum absolute atomic E-state index is 0.0214. The van der Waals surface area contributed by atoms with Gasteiger partial charge >= 0.3 is 0 Å². The number of piperidine rings is 1. The van der Waals surface area contributed by atoms with Gasteiger partial charge in [0.1, 0.15) is 23.7 Å². The van der Waals surface area contributed by atoms with E-state index in [0.717, 1.165) is 66.6 Å². The lowest BCUT2D eigenvalue weighted by Gasteiger charge is -2.36. The summed E-state index contributed by atoms with van der Waals surface area (Å²) in [5, 5.41) is 20.8. The second-order valence-electron chi connectivity index (χ2n) is 17.1. The molecule has 70 heavy (non-hydrogen) atoms. The number of nitrogens with one attached hydrogen (secondary N) is 3. The van der Waals surface area contributed by atoms with E-state index >= 15 is 0 Å². The molecule has 2 saturated heterocycles. The molecule has 0 saturated carbocycles. The summed E-state index contributed by atoms with van der Waals surface area (Å²) in [5.74, 6) is -4.17. The van der Waals surface area contributed by atoms with Gasteiger partial charge in [-0.3, -0.25) is 49.2 Å². The molecular weight excluding hydrogens is 924 g/mol. The number of aromatic nitrogens is 1. The first kappa shape index (κ1) is 47.9. The fourth-order valence-electron chi connectivity index (χ4n) is 9.12. The normalized spacial score (nSPS) is 17.5. The SMILES string of the molecule is O=C1CCC(N2C(=O)c3cccc(NCCOCCOCCOCCN4CCN(c5ccc(-c6ccc7c(c6)C(=O)N(C(C(=O)Nc6nccs6)c6cc(F)ccc6O)C7)cc5)CC4)c3C2=O)C(=O)N1. The number of phenols is 1.